The van der Waals surface area contributed by atoms with Crippen LogP contribution in [-0.2, 0) is 6.42 Å². The quantitative estimate of drug-likeness (QED) is 0.618. The Morgan fingerprint density at radius 2 is 2.24 bits per heavy atom. The van der Waals surface area contributed by atoms with Crippen molar-refractivity contribution in [2.75, 3.05) is 0 Å². The highest BCUT2D eigenvalue weighted by Crippen LogP contribution is 2.24. The molecule has 0 saturated carbocycles. The molecule has 0 amide bonds. The van der Waals surface area contributed by atoms with E-state index in [0.29, 0.717) is 29.1 Å². The highest BCUT2D eigenvalue weighted by molar-refractivity contribution is 5.47. The molecule has 0 fully saturated rings. The monoisotopic (exact) mass is 234 g/mol. The highest BCUT2D eigenvalue weighted by Gasteiger charge is 2.19. The van der Waals surface area contributed by atoms with Crippen molar-refractivity contribution in [2.45, 2.75) is 20.3 Å². The van der Waals surface area contributed by atoms with E-state index >= 15 is 0 Å². The summed E-state index contributed by atoms with van der Waals surface area (Å²) in [5.41, 5.74) is 1.77. The van der Waals surface area contributed by atoms with Gasteiger partial charge >= 0.3 is 0 Å². The van der Waals surface area contributed by atoms with Gasteiger partial charge in [-0.1, -0.05) is 5.21 Å². The molecule has 2 heterocycles. The molecule has 2 aromatic rings. The zero-order valence-corrected chi connectivity index (χ0v) is 9.34. The molecule has 8 nitrogen and oxygen atoms in total. The lowest BCUT2D eigenvalue weighted by Crippen LogP contribution is -2.03. The average molecular weight is 234 g/mol. The zero-order valence-electron chi connectivity index (χ0n) is 9.34. The molecule has 1 N–H and O–H groups in total. The molecule has 8 heteroatoms. The molecular weight excluding hydrogens is 224 g/mol. The van der Waals surface area contributed by atoms with E-state index in [0.717, 1.165) is 0 Å². The molecule has 2 aromatic heterocycles. The van der Waals surface area contributed by atoms with Crippen molar-refractivity contribution in [3.8, 4) is 0 Å². The van der Waals surface area contributed by atoms with Crippen molar-refractivity contribution in [1.29, 1.82) is 0 Å². The number of nitrogens with one attached hydrogen (secondary N) is 1. The first-order chi connectivity index (χ1) is 8.09. The summed E-state index contributed by atoms with van der Waals surface area (Å²) in [4.78, 5) is 14.7. The first kappa shape index (κ1) is 11.1. The topological polar surface area (TPSA) is 110 Å². The van der Waals surface area contributed by atoms with Crippen molar-refractivity contribution in [2.24, 2.45) is 0 Å². The van der Waals surface area contributed by atoms with Crippen molar-refractivity contribution in [3.63, 3.8) is 0 Å². The predicted octanol–water partition coefficient (Wildman–Crippen LogP) is 0.711. The van der Waals surface area contributed by atoms with Gasteiger partial charge in [-0.2, -0.15) is 5.21 Å². The first-order valence-electron chi connectivity index (χ1n) is 4.91. The van der Waals surface area contributed by atoms with Crippen LogP contribution in [0.2, 0.25) is 0 Å². The summed E-state index contributed by atoms with van der Waals surface area (Å²) in [5, 5.41) is 24.3. The van der Waals surface area contributed by atoms with Crippen molar-refractivity contribution in [1.82, 2.24) is 25.6 Å². The molecule has 0 aliphatic carbocycles. The van der Waals surface area contributed by atoms with E-state index in [1.54, 1.807) is 13.8 Å². The van der Waals surface area contributed by atoms with E-state index in [-0.39, 0.29) is 5.69 Å². The summed E-state index contributed by atoms with van der Waals surface area (Å²) in [6.45, 7) is 3.34. The summed E-state index contributed by atoms with van der Waals surface area (Å²) in [5.74, 6) is 0.457. The van der Waals surface area contributed by atoms with Gasteiger partial charge < -0.3 is 0 Å². The Bertz CT molecular complexity index is 551. The first-order valence-corrected chi connectivity index (χ1v) is 4.91. The predicted molar refractivity (Wildman–Crippen MR) is 57.3 cm³/mol. The minimum absolute atomic E-state index is 0.0958. The average Bonchev–Trinajstić information content (AvgIpc) is 2.74. The molecule has 0 saturated heterocycles. The Balaban J connectivity index is 2.42. The number of rotatable bonds is 3. The summed E-state index contributed by atoms with van der Waals surface area (Å²) in [6.07, 6.45) is 1.81. The van der Waals surface area contributed by atoms with Crippen LogP contribution in [0.4, 0.5) is 5.69 Å². The van der Waals surface area contributed by atoms with Gasteiger partial charge in [0.05, 0.1) is 17.0 Å². The van der Waals surface area contributed by atoms with E-state index < -0.39 is 4.92 Å². The van der Waals surface area contributed by atoms with Crippen LogP contribution in [0, 0.1) is 24.0 Å². The van der Waals surface area contributed by atoms with Gasteiger partial charge in [-0.15, -0.1) is 10.2 Å². The van der Waals surface area contributed by atoms with Gasteiger partial charge in [-0.05, 0) is 13.8 Å². The Morgan fingerprint density at radius 1 is 1.47 bits per heavy atom. The van der Waals surface area contributed by atoms with Crippen molar-refractivity contribution >= 4 is 5.69 Å². The van der Waals surface area contributed by atoms with Gasteiger partial charge in [0.1, 0.15) is 0 Å². The summed E-state index contributed by atoms with van der Waals surface area (Å²) in [7, 11) is 0. The number of hydrogen-bond donors (Lipinski definition) is 1. The number of tetrazole rings is 1. The molecule has 17 heavy (non-hydrogen) atoms. The number of aromatic nitrogens is 5. The van der Waals surface area contributed by atoms with Crippen LogP contribution in [0.3, 0.4) is 0 Å². The second-order valence-corrected chi connectivity index (χ2v) is 3.62. The Hall–Kier alpha value is -2.38. The fraction of sp³-hybridized carbons (Fsp3) is 0.333. The van der Waals surface area contributed by atoms with E-state index in [2.05, 4.69) is 25.6 Å². The lowest BCUT2D eigenvalue weighted by Gasteiger charge is -2.05. The second kappa shape index (κ2) is 4.24. The molecule has 0 aromatic carbocycles. The maximum atomic E-state index is 10.9. The van der Waals surface area contributed by atoms with E-state index in [1.807, 2.05) is 0 Å². The molecule has 88 valence electrons. The van der Waals surface area contributed by atoms with Crippen molar-refractivity contribution in [3.05, 3.63) is 39.0 Å². The maximum Gasteiger partial charge on any atom is 0.278 e. The number of hydrogen-bond acceptors (Lipinski definition) is 6. The molecule has 0 radical (unpaired) electrons. The number of aromatic amines is 1. The summed E-state index contributed by atoms with van der Waals surface area (Å²) < 4.78 is 0. The fourth-order valence-corrected chi connectivity index (χ4v) is 1.63. The maximum absolute atomic E-state index is 10.9. The Morgan fingerprint density at radius 3 is 2.82 bits per heavy atom. The van der Waals surface area contributed by atoms with E-state index in [4.69, 9.17) is 0 Å². The van der Waals surface area contributed by atoms with Crippen LogP contribution in [0.5, 0.6) is 0 Å². The molecule has 0 spiro atoms. The third-order valence-electron chi connectivity index (χ3n) is 2.47. The molecule has 0 aliphatic rings. The van der Waals surface area contributed by atoms with Crippen LogP contribution in [-0.4, -0.2) is 30.5 Å². The normalized spacial score (nSPS) is 10.5. The van der Waals surface area contributed by atoms with Gasteiger partial charge in [0.2, 0.25) is 0 Å². The smallest absolute Gasteiger partial charge is 0.260 e. The van der Waals surface area contributed by atoms with E-state index in [9.17, 15) is 10.1 Å². The minimum Gasteiger partial charge on any atom is -0.260 e. The van der Waals surface area contributed by atoms with E-state index in [1.165, 1.54) is 6.20 Å². The van der Waals surface area contributed by atoms with Crippen LogP contribution >= 0.6 is 0 Å². The number of nitro groups is 1. The number of aryl methyl sites for hydroxylation is 1. The Labute approximate surface area is 96.2 Å². The van der Waals surface area contributed by atoms with Crippen LogP contribution in [0.15, 0.2) is 6.20 Å². The third-order valence-corrected chi connectivity index (χ3v) is 2.47. The van der Waals surface area contributed by atoms with Gasteiger partial charge in [-0.3, -0.25) is 15.1 Å². The van der Waals surface area contributed by atoms with Gasteiger partial charge in [0, 0.05) is 17.3 Å². The molecular formula is C9H10N6O2. The number of nitrogens with zero attached hydrogens (tertiary/aromatic N) is 5. The molecule has 0 aliphatic heterocycles. The van der Waals surface area contributed by atoms with Gasteiger partial charge in [0.25, 0.3) is 5.69 Å². The highest BCUT2D eigenvalue weighted by atomic mass is 16.6. The van der Waals surface area contributed by atoms with Crippen molar-refractivity contribution < 1.29 is 4.92 Å². The lowest BCUT2D eigenvalue weighted by atomic mass is 10.1. The minimum atomic E-state index is -0.397. The van der Waals surface area contributed by atoms with Crippen LogP contribution in [0.25, 0.3) is 0 Å². The number of pyridine rings is 1. The van der Waals surface area contributed by atoms with Gasteiger partial charge in [0.15, 0.2) is 5.82 Å². The molecule has 2 rings (SSSR count). The standard InChI is InChI=1S/C9H10N6O2/c1-5-4-10-7(3-8-11-13-14-12-8)6(2)9(5)15(16)17/h4H,3H2,1-2H3,(H,11,12,13,14). The fourth-order valence-electron chi connectivity index (χ4n) is 1.63. The SMILES string of the molecule is Cc1cnc(Cc2nn[nH]n2)c(C)c1[N+](=O)[O-]. The number of H-pyrrole nitrogens is 1. The Kier molecular flexibility index (Phi) is 2.77. The van der Waals surface area contributed by atoms with Gasteiger partial charge in [-0.25, -0.2) is 0 Å². The summed E-state index contributed by atoms with van der Waals surface area (Å²) in [6, 6.07) is 0. The zero-order chi connectivity index (χ0) is 12.4. The summed E-state index contributed by atoms with van der Waals surface area (Å²) >= 11 is 0. The molecule has 0 atom stereocenters. The molecule has 0 unspecified atom stereocenters. The lowest BCUT2D eigenvalue weighted by molar-refractivity contribution is -0.386. The second-order valence-electron chi connectivity index (χ2n) is 3.62. The molecule has 0 bridgehead atoms. The van der Waals surface area contributed by atoms with Crippen LogP contribution in [0.1, 0.15) is 22.6 Å². The largest absolute Gasteiger partial charge is 0.278 e. The van der Waals surface area contributed by atoms with Crippen LogP contribution < -0.4 is 0 Å². The third kappa shape index (κ3) is 2.10.